The van der Waals surface area contributed by atoms with Gasteiger partial charge in [0.25, 0.3) is 5.56 Å². The summed E-state index contributed by atoms with van der Waals surface area (Å²) < 4.78 is 1.44. The van der Waals surface area contributed by atoms with Crippen molar-refractivity contribution < 1.29 is 4.79 Å². The third-order valence-corrected chi connectivity index (χ3v) is 5.81. The Morgan fingerprint density at radius 1 is 1.44 bits per heavy atom. The van der Waals surface area contributed by atoms with Gasteiger partial charge in [-0.25, -0.2) is 9.97 Å². The molecule has 0 saturated carbocycles. The maximum Gasteiger partial charge on any atom is 0.262 e. The zero-order valence-electron chi connectivity index (χ0n) is 13.1. The van der Waals surface area contributed by atoms with Crippen LogP contribution in [0.25, 0.3) is 10.2 Å². The lowest BCUT2D eigenvalue weighted by atomic mass is 10.4. The summed E-state index contributed by atoms with van der Waals surface area (Å²) in [6.45, 7) is 1.72. The Morgan fingerprint density at radius 3 is 2.92 bits per heavy atom. The third kappa shape index (κ3) is 3.82. The summed E-state index contributed by atoms with van der Waals surface area (Å²) in [5.74, 6) is -0.0682. The fraction of sp³-hybridized carbons (Fsp3) is 0.200. The number of thioether (sulfide) groups is 1. The van der Waals surface area contributed by atoms with E-state index in [9.17, 15) is 9.59 Å². The van der Waals surface area contributed by atoms with E-state index < -0.39 is 5.25 Å². The number of nitrogens with zero attached hydrogens (tertiary/aromatic N) is 3. The highest BCUT2D eigenvalue weighted by Crippen LogP contribution is 2.26. The zero-order valence-corrected chi connectivity index (χ0v) is 16.3. The van der Waals surface area contributed by atoms with Gasteiger partial charge < -0.3 is 5.32 Å². The van der Waals surface area contributed by atoms with Gasteiger partial charge in [0.05, 0.1) is 20.7 Å². The highest BCUT2D eigenvalue weighted by atomic mass is 35.5. The molecule has 0 fully saturated rings. The van der Waals surface area contributed by atoms with E-state index >= 15 is 0 Å². The van der Waals surface area contributed by atoms with Crippen LogP contribution in [0.5, 0.6) is 0 Å². The second-order valence-electron chi connectivity index (χ2n) is 5.13. The lowest BCUT2D eigenvalue weighted by Crippen LogP contribution is -2.25. The number of anilines is 1. The van der Waals surface area contributed by atoms with E-state index in [1.807, 2.05) is 5.38 Å². The van der Waals surface area contributed by atoms with E-state index in [0.29, 0.717) is 20.4 Å². The largest absolute Gasteiger partial charge is 0.308 e. The lowest BCUT2D eigenvalue weighted by molar-refractivity contribution is -0.115. The minimum atomic E-state index is -0.510. The summed E-state index contributed by atoms with van der Waals surface area (Å²) in [5.41, 5.74) is -0.135. The number of rotatable bonds is 4. The molecule has 3 aromatic rings. The molecule has 1 N–H and O–H groups in total. The van der Waals surface area contributed by atoms with Crippen LogP contribution >= 0.6 is 46.3 Å². The average Bonchev–Trinajstić information content (AvgIpc) is 3.03. The molecule has 10 heteroatoms. The molecule has 3 rings (SSSR count). The van der Waals surface area contributed by atoms with E-state index in [1.54, 1.807) is 20.0 Å². The highest BCUT2D eigenvalue weighted by molar-refractivity contribution is 8.00. The fourth-order valence-electron chi connectivity index (χ4n) is 2.02. The fourth-order valence-corrected chi connectivity index (χ4v) is 4.13. The Hall–Kier alpha value is -1.61. The number of hydrogen-bond donors (Lipinski definition) is 1. The molecule has 3 heterocycles. The van der Waals surface area contributed by atoms with Gasteiger partial charge in [0.15, 0.2) is 11.0 Å². The minimum Gasteiger partial charge on any atom is -0.308 e. The number of carbonyl (C=O) groups is 1. The number of carbonyl (C=O) groups excluding carboxylic acids is 1. The van der Waals surface area contributed by atoms with Crippen LogP contribution in [0.2, 0.25) is 10.0 Å². The van der Waals surface area contributed by atoms with E-state index in [2.05, 4.69) is 15.3 Å². The topological polar surface area (TPSA) is 76.9 Å². The monoisotopic (exact) mass is 414 g/mol. The summed E-state index contributed by atoms with van der Waals surface area (Å²) >= 11 is 14.4. The molecular weight excluding hydrogens is 403 g/mol. The molecule has 0 bridgehead atoms. The van der Waals surface area contributed by atoms with Gasteiger partial charge in [-0.2, -0.15) is 0 Å². The van der Waals surface area contributed by atoms with Gasteiger partial charge in [-0.3, -0.25) is 14.2 Å². The predicted octanol–water partition coefficient (Wildman–Crippen LogP) is 3.82. The predicted molar refractivity (Wildman–Crippen MR) is 103 cm³/mol. The zero-order chi connectivity index (χ0) is 18.1. The SMILES string of the molecule is CC(Sc1nc2sccc2c(=O)n1C)C(=O)Nc1ncc(Cl)cc1Cl. The molecule has 25 heavy (non-hydrogen) atoms. The molecule has 1 atom stereocenters. The smallest absolute Gasteiger partial charge is 0.262 e. The first-order valence-electron chi connectivity index (χ1n) is 7.09. The molecule has 0 saturated heterocycles. The van der Waals surface area contributed by atoms with Crippen molar-refractivity contribution in [2.75, 3.05) is 5.32 Å². The number of aromatic nitrogens is 3. The van der Waals surface area contributed by atoms with Crippen LogP contribution in [0.1, 0.15) is 6.92 Å². The molecule has 0 aliphatic heterocycles. The van der Waals surface area contributed by atoms with Crippen molar-refractivity contribution in [2.45, 2.75) is 17.3 Å². The van der Waals surface area contributed by atoms with Gasteiger partial charge >= 0.3 is 0 Å². The molecule has 1 unspecified atom stereocenters. The molecule has 0 radical (unpaired) electrons. The number of nitrogens with one attached hydrogen (secondary N) is 1. The minimum absolute atomic E-state index is 0.135. The first-order valence-corrected chi connectivity index (χ1v) is 9.61. The highest BCUT2D eigenvalue weighted by Gasteiger charge is 2.20. The van der Waals surface area contributed by atoms with Gasteiger partial charge in [0.1, 0.15) is 4.83 Å². The summed E-state index contributed by atoms with van der Waals surface area (Å²) in [6.07, 6.45) is 1.40. The first-order chi connectivity index (χ1) is 11.9. The molecule has 130 valence electrons. The quantitative estimate of drug-likeness (QED) is 0.518. The number of amides is 1. The van der Waals surface area contributed by atoms with E-state index in [0.717, 1.165) is 0 Å². The third-order valence-electron chi connectivity index (χ3n) is 3.36. The van der Waals surface area contributed by atoms with Crippen molar-refractivity contribution in [1.82, 2.24) is 14.5 Å². The summed E-state index contributed by atoms with van der Waals surface area (Å²) in [5, 5.41) is 5.64. The second kappa shape index (κ2) is 7.33. The van der Waals surface area contributed by atoms with Crippen LogP contribution in [0.3, 0.4) is 0 Å². The number of halogens is 2. The average molecular weight is 415 g/mol. The summed E-state index contributed by atoms with van der Waals surface area (Å²) in [6, 6.07) is 3.24. The summed E-state index contributed by atoms with van der Waals surface area (Å²) in [7, 11) is 1.64. The van der Waals surface area contributed by atoms with Crippen molar-refractivity contribution >= 4 is 68.2 Å². The van der Waals surface area contributed by atoms with Crippen molar-refractivity contribution in [3.05, 3.63) is 44.1 Å². The summed E-state index contributed by atoms with van der Waals surface area (Å²) in [4.78, 5) is 33.8. The molecule has 6 nitrogen and oxygen atoms in total. The Balaban J connectivity index is 1.79. The lowest BCUT2D eigenvalue weighted by Gasteiger charge is -2.13. The standard InChI is InChI=1S/C15H12Cl2N4O2S2/c1-7(12(22)19-11-10(17)5-8(16)6-18-11)25-15-20-13-9(3-4-24-13)14(23)21(15)2/h3-7H,1-2H3,(H,18,19,22). The molecule has 3 aromatic heterocycles. The Morgan fingerprint density at radius 2 is 2.20 bits per heavy atom. The van der Waals surface area contributed by atoms with Crippen molar-refractivity contribution in [3.63, 3.8) is 0 Å². The van der Waals surface area contributed by atoms with Crippen molar-refractivity contribution in [3.8, 4) is 0 Å². The van der Waals surface area contributed by atoms with Gasteiger partial charge in [-0.05, 0) is 24.4 Å². The van der Waals surface area contributed by atoms with Gasteiger partial charge in [0.2, 0.25) is 5.91 Å². The van der Waals surface area contributed by atoms with E-state index in [-0.39, 0.29) is 22.3 Å². The molecule has 0 aliphatic carbocycles. The van der Waals surface area contributed by atoms with Crippen LogP contribution in [-0.4, -0.2) is 25.7 Å². The van der Waals surface area contributed by atoms with Crippen LogP contribution in [0.4, 0.5) is 5.82 Å². The normalized spacial score (nSPS) is 12.3. The first kappa shape index (κ1) is 18.2. The maximum atomic E-state index is 12.4. The molecular formula is C15H12Cl2N4O2S2. The van der Waals surface area contributed by atoms with Crippen LogP contribution in [0.15, 0.2) is 33.7 Å². The van der Waals surface area contributed by atoms with Crippen molar-refractivity contribution in [1.29, 1.82) is 0 Å². The van der Waals surface area contributed by atoms with Crippen LogP contribution in [-0.2, 0) is 11.8 Å². The second-order valence-corrected chi connectivity index (χ2v) is 8.18. The maximum absolute atomic E-state index is 12.4. The van der Waals surface area contributed by atoms with Gasteiger partial charge in [-0.1, -0.05) is 35.0 Å². The number of hydrogen-bond acceptors (Lipinski definition) is 6. The molecule has 0 aliphatic rings. The number of thiophene rings is 1. The van der Waals surface area contributed by atoms with Crippen molar-refractivity contribution in [2.24, 2.45) is 7.05 Å². The van der Waals surface area contributed by atoms with Crippen LogP contribution in [0, 0.1) is 0 Å². The van der Waals surface area contributed by atoms with Gasteiger partial charge in [0, 0.05) is 13.2 Å². The number of fused-ring (bicyclic) bond motifs is 1. The molecule has 0 aromatic carbocycles. The van der Waals surface area contributed by atoms with Gasteiger partial charge in [-0.15, -0.1) is 11.3 Å². The Labute approximate surface area is 161 Å². The Kier molecular flexibility index (Phi) is 5.33. The number of pyridine rings is 1. The van der Waals surface area contributed by atoms with Crippen LogP contribution < -0.4 is 10.9 Å². The van der Waals surface area contributed by atoms with E-state index in [4.69, 9.17) is 23.2 Å². The van der Waals surface area contributed by atoms with E-state index in [1.165, 1.54) is 39.9 Å². The molecule has 1 amide bonds. The molecule has 0 spiro atoms. The Bertz CT molecular complexity index is 1020.